The quantitative estimate of drug-likeness (QED) is 0.567. The topological polar surface area (TPSA) is 40.7 Å². The molecule has 0 spiro atoms. The predicted molar refractivity (Wildman–Crippen MR) is 86.7 cm³/mol. The molecule has 3 rings (SSSR count). The fourth-order valence-electron chi connectivity index (χ4n) is 2.39. The summed E-state index contributed by atoms with van der Waals surface area (Å²) in [5.74, 6) is 6.18. The number of fused-ring (bicyclic) bond motifs is 3. The normalized spacial score (nSPS) is 10.6. The third kappa shape index (κ3) is 2.60. The van der Waals surface area contributed by atoms with Crippen LogP contribution in [0.4, 0.5) is 0 Å². The number of hydrogen-bond donors (Lipinski definition) is 2. The Hall–Kier alpha value is -2.75. The van der Waals surface area contributed by atoms with E-state index in [1.165, 1.54) is 0 Å². The summed E-state index contributed by atoms with van der Waals surface area (Å²) in [5.41, 5.74) is 2.89. The van der Waals surface area contributed by atoms with Crippen molar-refractivity contribution in [3.63, 3.8) is 0 Å². The van der Waals surface area contributed by atoms with Gasteiger partial charge < -0.3 is 10.3 Å². The molecule has 0 aliphatic heterocycles. The van der Waals surface area contributed by atoms with Crippen LogP contribution in [-0.4, -0.2) is 16.5 Å². The minimum absolute atomic E-state index is 0.681. The first-order valence-corrected chi connectivity index (χ1v) is 6.84. The lowest BCUT2D eigenvalue weighted by Crippen LogP contribution is -2.14. The van der Waals surface area contributed by atoms with Gasteiger partial charge in [-0.1, -0.05) is 18.1 Å². The molecule has 3 heteroatoms. The first kappa shape index (κ1) is 13.2. The lowest BCUT2D eigenvalue weighted by atomic mass is 10.1. The van der Waals surface area contributed by atoms with Gasteiger partial charge in [-0.3, -0.25) is 0 Å². The second kappa shape index (κ2) is 5.71. The van der Waals surface area contributed by atoms with Crippen molar-refractivity contribution < 1.29 is 0 Å². The largest absolute Gasteiger partial charge is 0.341 e. The van der Waals surface area contributed by atoms with Gasteiger partial charge in [0.05, 0.1) is 17.6 Å². The molecule has 0 amide bonds. The highest BCUT2D eigenvalue weighted by Gasteiger charge is 2.06. The van der Waals surface area contributed by atoms with E-state index in [1.807, 2.05) is 24.3 Å². The van der Waals surface area contributed by atoms with Gasteiger partial charge >= 0.3 is 0 Å². The zero-order valence-corrected chi connectivity index (χ0v) is 11.6. The van der Waals surface area contributed by atoms with Crippen LogP contribution < -0.4 is 5.32 Å². The molecular weight excluding hydrogens is 258 g/mol. The highest BCUT2D eigenvalue weighted by molar-refractivity contribution is 6.04. The summed E-state index contributed by atoms with van der Waals surface area (Å²) >= 11 is 0. The maximum Gasteiger partial charge on any atom is 0.121 e. The second-order valence-corrected chi connectivity index (χ2v) is 4.86. The average Bonchev–Trinajstić information content (AvgIpc) is 2.94. The third-order valence-electron chi connectivity index (χ3n) is 3.42. The molecule has 0 saturated heterocycles. The summed E-state index contributed by atoms with van der Waals surface area (Å²) in [6, 6.07) is 10.1. The summed E-state index contributed by atoms with van der Waals surface area (Å²) in [6.45, 7) is 1.47. The minimum atomic E-state index is 0.681. The van der Waals surface area contributed by atoms with E-state index < -0.39 is 0 Å². The van der Waals surface area contributed by atoms with Crippen LogP contribution in [0.25, 0.3) is 21.8 Å². The van der Waals surface area contributed by atoms with Crippen LogP contribution in [0.2, 0.25) is 0 Å². The number of nitrogens with one attached hydrogen (secondary N) is 2. The standard InChI is InChI=1S/C18H15N3/c1-3-5-10-19-12-17-20-16-9-7-14-11-13(4-2)6-8-15(14)18(16)21-17/h1-2,6-9,11,19H,5,10,12H2,(H,20,21). The molecule has 102 valence electrons. The number of H-pyrrole nitrogens is 1. The summed E-state index contributed by atoms with van der Waals surface area (Å²) in [4.78, 5) is 8.00. The SMILES string of the molecule is C#CCCNCc1nc2c(ccc3cc(C#C)ccc32)[nH]1. The third-order valence-corrected chi connectivity index (χ3v) is 3.42. The van der Waals surface area contributed by atoms with Gasteiger partial charge in [0.25, 0.3) is 0 Å². The number of hydrogen-bond acceptors (Lipinski definition) is 2. The van der Waals surface area contributed by atoms with Gasteiger partial charge in [-0.05, 0) is 23.6 Å². The van der Waals surface area contributed by atoms with Crippen LogP contribution in [0.1, 0.15) is 17.8 Å². The van der Waals surface area contributed by atoms with Gasteiger partial charge in [-0.2, -0.15) is 0 Å². The predicted octanol–water partition coefficient (Wildman–Crippen LogP) is 2.81. The van der Waals surface area contributed by atoms with Crippen LogP contribution in [-0.2, 0) is 6.54 Å². The molecule has 0 fully saturated rings. The van der Waals surface area contributed by atoms with Crippen LogP contribution >= 0.6 is 0 Å². The summed E-state index contributed by atoms with van der Waals surface area (Å²) in [7, 11) is 0. The lowest BCUT2D eigenvalue weighted by Gasteiger charge is -1.99. The monoisotopic (exact) mass is 273 g/mol. The molecule has 3 nitrogen and oxygen atoms in total. The zero-order valence-electron chi connectivity index (χ0n) is 11.6. The van der Waals surface area contributed by atoms with E-state index in [2.05, 4.69) is 33.2 Å². The molecular formula is C18H15N3. The Balaban J connectivity index is 1.96. The molecule has 0 aliphatic carbocycles. The van der Waals surface area contributed by atoms with E-state index in [-0.39, 0.29) is 0 Å². The van der Waals surface area contributed by atoms with E-state index >= 15 is 0 Å². The molecule has 0 bridgehead atoms. The van der Waals surface area contributed by atoms with E-state index in [0.717, 1.165) is 46.2 Å². The lowest BCUT2D eigenvalue weighted by molar-refractivity contribution is 0.678. The van der Waals surface area contributed by atoms with Gasteiger partial charge in [0, 0.05) is 23.9 Å². The highest BCUT2D eigenvalue weighted by atomic mass is 15.0. The van der Waals surface area contributed by atoms with Gasteiger partial charge in [0.2, 0.25) is 0 Å². The second-order valence-electron chi connectivity index (χ2n) is 4.86. The van der Waals surface area contributed by atoms with Gasteiger partial charge in [-0.15, -0.1) is 18.8 Å². The molecule has 1 aromatic heterocycles. The number of rotatable bonds is 4. The fraction of sp³-hybridized carbons (Fsp3) is 0.167. The molecule has 0 radical (unpaired) electrons. The van der Waals surface area contributed by atoms with Crippen LogP contribution in [0.3, 0.4) is 0 Å². The Morgan fingerprint density at radius 3 is 2.90 bits per heavy atom. The van der Waals surface area contributed by atoms with Crippen molar-refractivity contribution in [2.45, 2.75) is 13.0 Å². The Labute approximate surface area is 123 Å². The van der Waals surface area contributed by atoms with Gasteiger partial charge in [0.1, 0.15) is 5.82 Å². The maximum atomic E-state index is 5.44. The van der Waals surface area contributed by atoms with Crippen LogP contribution in [0.5, 0.6) is 0 Å². The molecule has 0 unspecified atom stereocenters. The van der Waals surface area contributed by atoms with Crippen molar-refractivity contribution in [3.05, 3.63) is 41.7 Å². The van der Waals surface area contributed by atoms with Crippen LogP contribution in [0.15, 0.2) is 30.3 Å². The summed E-state index contributed by atoms with van der Waals surface area (Å²) in [6.07, 6.45) is 11.4. The van der Waals surface area contributed by atoms with Crippen molar-refractivity contribution >= 4 is 21.8 Å². The molecule has 2 aromatic carbocycles. The molecule has 2 N–H and O–H groups in total. The number of imidazole rings is 1. The first-order valence-electron chi connectivity index (χ1n) is 6.84. The molecule has 1 heterocycles. The van der Waals surface area contributed by atoms with Crippen molar-refractivity contribution in [1.29, 1.82) is 0 Å². The minimum Gasteiger partial charge on any atom is -0.341 e. The number of terminal acetylenes is 2. The molecule has 0 aliphatic rings. The van der Waals surface area contributed by atoms with E-state index in [1.54, 1.807) is 0 Å². The molecule has 21 heavy (non-hydrogen) atoms. The summed E-state index contributed by atoms with van der Waals surface area (Å²) < 4.78 is 0. The summed E-state index contributed by atoms with van der Waals surface area (Å²) in [5, 5.41) is 5.48. The van der Waals surface area contributed by atoms with Crippen molar-refractivity contribution in [2.24, 2.45) is 0 Å². The van der Waals surface area contributed by atoms with E-state index in [4.69, 9.17) is 12.8 Å². The fourth-order valence-corrected chi connectivity index (χ4v) is 2.39. The Kier molecular flexibility index (Phi) is 3.60. The molecule has 0 atom stereocenters. The maximum absolute atomic E-state index is 5.44. The molecule has 0 saturated carbocycles. The number of aromatic amines is 1. The van der Waals surface area contributed by atoms with E-state index in [0.29, 0.717) is 6.54 Å². The smallest absolute Gasteiger partial charge is 0.121 e. The van der Waals surface area contributed by atoms with E-state index in [9.17, 15) is 0 Å². The van der Waals surface area contributed by atoms with Crippen molar-refractivity contribution in [1.82, 2.24) is 15.3 Å². The Bertz CT molecular complexity index is 875. The first-order chi connectivity index (χ1) is 10.3. The van der Waals surface area contributed by atoms with Gasteiger partial charge in [0.15, 0.2) is 0 Å². The number of aromatic nitrogens is 2. The molecule has 3 aromatic rings. The average molecular weight is 273 g/mol. The number of nitrogens with zero attached hydrogens (tertiary/aromatic N) is 1. The van der Waals surface area contributed by atoms with Crippen molar-refractivity contribution in [3.8, 4) is 24.7 Å². The van der Waals surface area contributed by atoms with Gasteiger partial charge in [-0.25, -0.2) is 4.98 Å². The Morgan fingerprint density at radius 1 is 1.19 bits per heavy atom. The number of benzene rings is 2. The zero-order chi connectivity index (χ0) is 14.7. The van der Waals surface area contributed by atoms with Crippen molar-refractivity contribution in [2.75, 3.05) is 6.54 Å². The highest BCUT2D eigenvalue weighted by Crippen LogP contribution is 2.24. The Morgan fingerprint density at radius 2 is 2.10 bits per heavy atom. The van der Waals surface area contributed by atoms with Crippen LogP contribution in [0, 0.1) is 24.7 Å².